The van der Waals surface area contributed by atoms with Crippen LogP contribution in [0, 0.1) is 0 Å². The molecule has 0 radical (unpaired) electrons. The third kappa shape index (κ3) is 4.67. The van der Waals surface area contributed by atoms with E-state index in [4.69, 9.17) is 5.73 Å². The molecular weight excluding hydrogens is 246 g/mol. The summed E-state index contributed by atoms with van der Waals surface area (Å²) in [5, 5.41) is 0. The van der Waals surface area contributed by atoms with Crippen molar-refractivity contribution in [1.29, 1.82) is 0 Å². The summed E-state index contributed by atoms with van der Waals surface area (Å²) >= 11 is 0. The molecule has 0 saturated carbocycles. The number of para-hydroxylation sites is 1. The van der Waals surface area contributed by atoms with Gasteiger partial charge in [0.2, 0.25) is 0 Å². The smallest absolute Gasteiger partial charge is 0.0416 e. The largest absolute Gasteiger partial charge is 0.399 e. The third-order valence-corrected chi connectivity index (χ3v) is 3.52. The van der Waals surface area contributed by atoms with Gasteiger partial charge in [-0.3, -0.25) is 4.98 Å². The maximum Gasteiger partial charge on any atom is 0.0416 e. The van der Waals surface area contributed by atoms with E-state index < -0.39 is 0 Å². The Balaban J connectivity index is 1.68. The first-order valence-corrected chi connectivity index (χ1v) is 7.17. The maximum absolute atomic E-state index is 5.95. The number of aromatic nitrogens is 1. The molecule has 0 aliphatic rings. The highest BCUT2D eigenvalue weighted by Crippen LogP contribution is 2.12. The SMILES string of the molecule is CN(CCCc1ccccc1N)CCc1ccccn1. The van der Waals surface area contributed by atoms with Crippen LogP contribution in [-0.2, 0) is 12.8 Å². The normalized spacial score (nSPS) is 10.9. The van der Waals surface area contributed by atoms with Crippen LogP contribution in [0.4, 0.5) is 5.69 Å². The lowest BCUT2D eigenvalue weighted by molar-refractivity contribution is 0.332. The molecular formula is C17H23N3. The van der Waals surface area contributed by atoms with Crippen LogP contribution in [-0.4, -0.2) is 30.0 Å². The number of nitrogens with zero attached hydrogens (tertiary/aromatic N) is 2. The summed E-state index contributed by atoms with van der Waals surface area (Å²) in [6, 6.07) is 14.2. The molecule has 1 aromatic heterocycles. The van der Waals surface area contributed by atoms with Crippen LogP contribution in [0.1, 0.15) is 17.7 Å². The lowest BCUT2D eigenvalue weighted by Gasteiger charge is -2.16. The Morgan fingerprint density at radius 2 is 1.80 bits per heavy atom. The van der Waals surface area contributed by atoms with Crippen molar-refractivity contribution in [1.82, 2.24) is 9.88 Å². The van der Waals surface area contributed by atoms with Crippen molar-refractivity contribution < 1.29 is 0 Å². The molecule has 0 spiro atoms. The highest BCUT2D eigenvalue weighted by molar-refractivity contribution is 5.46. The van der Waals surface area contributed by atoms with Crippen molar-refractivity contribution in [2.24, 2.45) is 0 Å². The molecule has 0 fully saturated rings. The summed E-state index contributed by atoms with van der Waals surface area (Å²) in [7, 11) is 2.16. The number of nitrogen functional groups attached to an aromatic ring is 1. The van der Waals surface area contributed by atoms with Gasteiger partial charge in [-0.25, -0.2) is 0 Å². The first-order valence-electron chi connectivity index (χ1n) is 7.17. The summed E-state index contributed by atoms with van der Waals surface area (Å²) in [6.45, 7) is 2.13. The van der Waals surface area contributed by atoms with Gasteiger partial charge in [-0.2, -0.15) is 0 Å². The van der Waals surface area contributed by atoms with E-state index in [2.05, 4.69) is 35.1 Å². The van der Waals surface area contributed by atoms with Crippen molar-refractivity contribution in [3.8, 4) is 0 Å². The molecule has 2 rings (SSSR count). The van der Waals surface area contributed by atoms with Crippen molar-refractivity contribution in [3.63, 3.8) is 0 Å². The van der Waals surface area contributed by atoms with Crippen LogP contribution < -0.4 is 5.73 Å². The molecule has 0 unspecified atom stereocenters. The topological polar surface area (TPSA) is 42.1 Å². The summed E-state index contributed by atoms with van der Waals surface area (Å²) in [5.74, 6) is 0. The Labute approximate surface area is 121 Å². The van der Waals surface area contributed by atoms with Crippen molar-refractivity contribution >= 4 is 5.69 Å². The van der Waals surface area contributed by atoms with Crippen LogP contribution in [0.15, 0.2) is 48.7 Å². The molecule has 0 bridgehead atoms. The van der Waals surface area contributed by atoms with Gasteiger partial charge >= 0.3 is 0 Å². The summed E-state index contributed by atoms with van der Waals surface area (Å²) in [5.41, 5.74) is 9.27. The lowest BCUT2D eigenvalue weighted by atomic mass is 10.1. The van der Waals surface area contributed by atoms with Crippen molar-refractivity contribution in [2.45, 2.75) is 19.3 Å². The summed E-state index contributed by atoms with van der Waals surface area (Å²) in [6.07, 6.45) is 5.03. The first kappa shape index (κ1) is 14.5. The molecule has 106 valence electrons. The van der Waals surface area contributed by atoms with Gasteiger partial charge in [0.15, 0.2) is 0 Å². The Morgan fingerprint density at radius 3 is 2.55 bits per heavy atom. The van der Waals surface area contributed by atoms with Gasteiger partial charge in [0.1, 0.15) is 0 Å². The predicted molar refractivity (Wildman–Crippen MR) is 84.6 cm³/mol. The van der Waals surface area contributed by atoms with Crippen molar-refractivity contribution in [2.75, 3.05) is 25.9 Å². The van der Waals surface area contributed by atoms with Crippen LogP contribution in [0.5, 0.6) is 0 Å². The number of aryl methyl sites for hydroxylation is 1. The molecule has 0 aliphatic heterocycles. The monoisotopic (exact) mass is 269 g/mol. The molecule has 2 N–H and O–H groups in total. The predicted octanol–water partition coefficient (Wildman–Crippen LogP) is 2.77. The van der Waals surface area contributed by atoms with Crippen LogP contribution in [0.25, 0.3) is 0 Å². The molecule has 2 aromatic rings. The van der Waals surface area contributed by atoms with E-state index in [0.717, 1.165) is 43.7 Å². The number of hydrogen-bond donors (Lipinski definition) is 1. The quantitative estimate of drug-likeness (QED) is 0.786. The fourth-order valence-electron chi connectivity index (χ4n) is 2.26. The number of likely N-dealkylation sites (N-methyl/N-ethyl adjacent to an activating group) is 1. The molecule has 1 aromatic carbocycles. The van der Waals surface area contributed by atoms with Crippen LogP contribution in [0.3, 0.4) is 0 Å². The Morgan fingerprint density at radius 1 is 1.00 bits per heavy atom. The van der Waals surface area contributed by atoms with Gasteiger partial charge in [0.25, 0.3) is 0 Å². The second kappa shape index (κ2) is 7.65. The summed E-state index contributed by atoms with van der Waals surface area (Å²) < 4.78 is 0. The molecule has 0 saturated heterocycles. The first-order chi connectivity index (χ1) is 9.75. The van der Waals surface area contributed by atoms with Gasteiger partial charge < -0.3 is 10.6 Å². The zero-order valence-electron chi connectivity index (χ0n) is 12.1. The zero-order chi connectivity index (χ0) is 14.2. The van der Waals surface area contributed by atoms with E-state index >= 15 is 0 Å². The van der Waals surface area contributed by atoms with Crippen LogP contribution in [0.2, 0.25) is 0 Å². The van der Waals surface area contributed by atoms with Gasteiger partial charge in [0.05, 0.1) is 0 Å². The number of rotatable bonds is 7. The van der Waals surface area contributed by atoms with Gasteiger partial charge in [0, 0.05) is 30.5 Å². The Bertz CT molecular complexity index is 511. The molecule has 3 nitrogen and oxygen atoms in total. The standard InChI is InChI=1S/C17H23N3/c1-20(14-11-16-9-4-5-12-19-16)13-6-8-15-7-2-3-10-17(15)18/h2-5,7,9-10,12H,6,8,11,13-14,18H2,1H3. The minimum Gasteiger partial charge on any atom is -0.399 e. The Hall–Kier alpha value is -1.87. The average molecular weight is 269 g/mol. The van der Waals surface area contributed by atoms with E-state index in [1.54, 1.807) is 0 Å². The minimum absolute atomic E-state index is 0.906. The second-order valence-electron chi connectivity index (χ2n) is 5.18. The van der Waals surface area contributed by atoms with E-state index in [-0.39, 0.29) is 0 Å². The molecule has 0 aliphatic carbocycles. The fourth-order valence-corrected chi connectivity index (χ4v) is 2.26. The van der Waals surface area contributed by atoms with E-state index in [1.165, 1.54) is 5.56 Å². The van der Waals surface area contributed by atoms with Crippen molar-refractivity contribution in [3.05, 3.63) is 59.9 Å². The molecule has 3 heteroatoms. The number of nitrogens with two attached hydrogens (primary N) is 1. The Kier molecular flexibility index (Phi) is 5.56. The molecule has 0 amide bonds. The average Bonchev–Trinajstić information content (AvgIpc) is 2.48. The molecule has 0 atom stereocenters. The number of anilines is 1. The van der Waals surface area contributed by atoms with E-state index in [0.29, 0.717) is 0 Å². The van der Waals surface area contributed by atoms with Crippen LogP contribution >= 0.6 is 0 Å². The van der Waals surface area contributed by atoms with Gasteiger partial charge in [-0.15, -0.1) is 0 Å². The zero-order valence-corrected chi connectivity index (χ0v) is 12.1. The van der Waals surface area contributed by atoms with E-state index in [9.17, 15) is 0 Å². The second-order valence-corrected chi connectivity index (χ2v) is 5.18. The highest BCUT2D eigenvalue weighted by Gasteiger charge is 2.02. The van der Waals surface area contributed by atoms with Gasteiger partial charge in [-0.05, 0) is 50.2 Å². The number of benzene rings is 1. The summed E-state index contributed by atoms with van der Waals surface area (Å²) in [4.78, 5) is 6.70. The van der Waals surface area contributed by atoms with E-state index in [1.807, 2.05) is 30.5 Å². The number of hydrogen-bond acceptors (Lipinski definition) is 3. The highest BCUT2D eigenvalue weighted by atomic mass is 15.1. The lowest BCUT2D eigenvalue weighted by Crippen LogP contribution is -2.23. The van der Waals surface area contributed by atoms with Gasteiger partial charge in [-0.1, -0.05) is 24.3 Å². The third-order valence-electron chi connectivity index (χ3n) is 3.52. The fraction of sp³-hybridized carbons (Fsp3) is 0.353. The maximum atomic E-state index is 5.95. The molecule has 1 heterocycles. The minimum atomic E-state index is 0.906. The number of pyridine rings is 1. The molecule has 20 heavy (non-hydrogen) atoms.